The van der Waals surface area contributed by atoms with E-state index in [4.69, 9.17) is 9.26 Å². The summed E-state index contributed by atoms with van der Waals surface area (Å²) in [6.07, 6.45) is 7.25. The van der Waals surface area contributed by atoms with Crippen molar-refractivity contribution in [1.29, 1.82) is 0 Å². The van der Waals surface area contributed by atoms with Crippen LogP contribution in [0.25, 0.3) is 22.6 Å². The maximum atomic E-state index is 5.61. The van der Waals surface area contributed by atoms with E-state index in [1.807, 2.05) is 6.07 Å². The van der Waals surface area contributed by atoms with Gasteiger partial charge in [0.15, 0.2) is 5.65 Å². The number of hydrogen-bond acceptors (Lipinski definition) is 6. The summed E-state index contributed by atoms with van der Waals surface area (Å²) in [7, 11) is 0. The van der Waals surface area contributed by atoms with Crippen LogP contribution in [-0.2, 0) is 11.2 Å². The van der Waals surface area contributed by atoms with Crippen molar-refractivity contribution in [2.75, 3.05) is 6.61 Å². The Morgan fingerprint density at radius 3 is 3.00 bits per heavy atom. The number of pyridine rings is 1. The number of aromatic nitrogens is 5. The zero-order valence-electron chi connectivity index (χ0n) is 12.7. The summed E-state index contributed by atoms with van der Waals surface area (Å²) in [6.45, 7) is 0.763. The normalized spacial score (nSPS) is 21.3. The second kappa shape index (κ2) is 5.13. The lowest BCUT2D eigenvalue weighted by molar-refractivity contribution is 0.103. The highest BCUT2D eigenvalue weighted by Gasteiger charge is 2.26. The van der Waals surface area contributed by atoms with E-state index in [1.165, 1.54) is 12.8 Å². The average Bonchev–Trinajstić information content (AvgIpc) is 3.03. The third-order valence-corrected chi connectivity index (χ3v) is 4.51. The minimum atomic E-state index is -0.0444. The van der Waals surface area contributed by atoms with Crippen LogP contribution in [0.2, 0.25) is 0 Å². The van der Waals surface area contributed by atoms with Crippen molar-refractivity contribution in [3.8, 4) is 11.5 Å². The summed E-state index contributed by atoms with van der Waals surface area (Å²) < 4.78 is 11.1. The van der Waals surface area contributed by atoms with Gasteiger partial charge in [-0.25, -0.2) is 9.97 Å². The van der Waals surface area contributed by atoms with Gasteiger partial charge in [0.05, 0.1) is 11.1 Å². The monoisotopic (exact) mass is 311 g/mol. The minimum absolute atomic E-state index is 0.0444. The Labute approximate surface area is 132 Å². The first-order valence-corrected chi connectivity index (χ1v) is 8.16. The highest BCUT2D eigenvalue weighted by atomic mass is 16.5. The van der Waals surface area contributed by atoms with E-state index < -0.39 is 0 Å². The van der Waals surface area contributed by atoms with Gasteiger partial charge in [0.25, 0.3) is 5.89 Å². The maximum Gasteiger partial charge on any atom is 0.260 e. The highest BCUT2D eigenvalue weighted by molar-refractivity contribution is 5.86. The molecule has 0 radical (unpaired) electrons. The third-order valence-electron chi connectivity index (χ3n) is 4.51. The lowest BCUT2D eigenvalue weighted by Gasteiger charge is -2.00. The Bertz CT molecular complexity index is 845. The Balaban J connectivity index is 1.52. The fraction of sp³-hybridized carbons (Fsp3) is 0.500. The number of rotatable bonds is 4. The van der Waals surface area contributed by atoms with Crippen molar-refractivity contribution in [2.45, 2.75) is 38.2 Å². The quantitative estimate of drug-likeness (QED) is 0.797. The van der Waals surface area contributed by atoms with Crippen LogP contribution in [0.4, 0.5) is 0 Å². The van der Waals surface area contributed by atoms with E-state index >= 15 is 0 Å². The van der Waals surface area contributed by atoms with Crippen LogP contribution in [0.1, 0.15) is 43.4 Å². The molecule has 2 aliphatic rings. The number of hydrogen-bond donors (Lipinski definition) is 1. The summed E-state index contributed by atoms with van der Waals surface area (Å²) in [5, 5.41) is 4.08. The smallest absolute Gasteiger partial charge is 0.260 e. The number of H-pyrrole nitrogens is 1. The van der Waals surface area contributed by atoms with Gasteiger partial charge in [0.1, 0.15) is 11.9 Å². The summed E-state index contributed by atoms with van der Waals surface area (Å²) in [5.41, 5.74) is 2.42. The molecule has 3 aromatic rings. The number of imidazole rings is 1. The molecule has 3 aromatic heterocycles. The average molecular weight is 311 g/mol. The largest absolute Gasteiger partial charge is 0.370 e. The van der Waals surface area contributed by atoms with E-state index in [9.17, 15) is 0 Å². The number of aromatic amines is 1. The Hall–Kier alpha value is -2.28. The van der Waals surface area contributed by atoms with Crippen LogP contribution in [0.15, 0.2) is 16.8 Å². The van der Waals surface area contributed by atoms with Crippen LogP contribution in [0.3, 0.4) is 0 Å². The zero-order chi connectivity index (χ0) is 15.2. The zero-order valence-corrected chi connectivity index (χ0v) is 12.7. The van der Waals surface area contributed by atoms with Crippen LogP contribution in [0, 0.1) is 5.92 Å². The number of fused-ring (bicyclic) bond motifs is 1. The lowest BCUT2D eigenvalue weighted by Crippen LogP contribution is -1.97. The summed E-state index contributed by atoms with van der Waals surface area (Å²) in [6, 6.07) is 1.88. The van der Waals surface area contributed by atoms with Crippen LogP contribution in [0.5, 0.6) is 0 Å². The molecule has 0 amide bonds. The van der Waals surface area contributed by atoms with Gasteiger partial charge >= 0.3 is 0 Å². The lowest BCUT2D eigenvalue weighted by atomic mass is 10.2. The fourth-order valence-corrected chi connectivity index (χ4v) is 3.09. The molecule has 0 spiro atoms. The van der Waals surface area contributed by atoms with Gasteiger partial charge in [-0.15, -0.1) is 0 Å². The molecule has 0 aromatic carbocycles. The molecule has 5 rings (SSSR count). The van der Waals surface area contributed by atoms with Gasteiger partial charge in [-0.1, -0.05) is 5.16 Å². The predicted octanol–water partition coefficient (Wildman–Crippen LogP) is 2.81. The second-order valence-corrected chi connectivity index (χ2v) is 6.35. The number of nitrogens with zero attached hydrogens (tertiary/aromatic N) is 4. The minimum Gasteiger partial charge on any atom is -0.370 e. The molecule has 1 atom stereocenters. The maximum absolute atomic E-state index is 5.61. The standard InChI is InChI=1S/C16H17N5O2/c1-2-11(22-7-1)14-20-16(23-21-14)10-5-6-17-15-13(10)18-12(19-15)8-9-3-4-9/h5-6,9,11H,1-4,7-8H2,(H,17,18,19). The number of ether oxygens (including phenoxy) is 1. The molecular formula is C16H17N5O2. The van der Waals surface area contributed by atoms with Crippen molar-refractivity contribution < 1.29 is 9.26 Å². The summed E-state index contributed by atoms with van der Waals surface area (Å²) in [5.74, 6) is 2.87. The molecule has 7 nitrogen and oxygen atoms in total. The molecule has 1 aliphatic carbocycles. The van der Waals surface area contributed by atoms with Crippen LogP contribution >= 0.6 is 0 Å². The SMILES string of the molecule is c1cc(-c2nc(C3CCCO3)no2)c2[nH]c(CC3CC3)nc2n1. The fourth-order valence-electron chi connectivity index (χ4n) is 3.09. The van der Waals surface area contributed by atoms with E-state index in [2.05, 4.69) is 25.1 Å². The van der Waals surface area contributed by atoms with Gasteiger partial charge in [0, 0.05) is 19.2 Å². The molecule has 1 aliphatic heterocycles. The molecular weight excluding hydrogens is 294 g/mol. The predicted molar refractivity (Wildman–Crippen MR) is 81.5 cm³/mol. The van der Waals surface area contributed by atoms with Crippen molar-refractivity contribution in [3.63, 3.8) is 0 Å². The molecule has 7 heteroatoms. The van der Waals surface area contributed by atoms with Crippen LogP contribution in [-0.4, -0.2) is 31.7 Å². The molecule has 0 bridgehead atoms. The van der Waals surface area contributed by atoms with Crippen molar-refractivity contribution >= 4 is 11.2 Å². The molecule has 2 fully saturated rings. The summed E-state index contributed by atoms with van der Waals surface area (Å²) >= 11 is 0. The van der Waals surface area contributed by atoms with Gasteiger partial charge < -0.3 is 14.2 Å². The number of nitrogens with one attached hydrogen (secondary N) is 1. The molecule has 4 heterocycles. The first kappa shape index (κ1) is 13.2. The van der Waals surface area contributed by atoms with Crippen molar-refractivity contribution in [1.82, 2.24) is 25.1 Å². The molecule has 118 valence electrons. The van der Waals surface area contributed by atoms with Gasteiger partial charge in [-0.05, 0) is 37.7 Å². The van der Waals surface area contributed by atoms with Crippen LogP contribution < -0.4 is 0 Å². The van der Waals surface area contributed by atoms with E-state index in [0.717, 1.165) is 48.7 Å². The Kier molecular flexibility index (Phi) is 2.94. The van der Waals surface area contributed by atoms with Gasteiger partial charge in [0.2, 0.25) is 5.82 Å². The third kappa shape index (κ3) is 2.41. The van der Waals surface area contributed by atoms with E-state index in [-0.39, 0.29) is 6.10 Å². The first-order valence-electron chi connectivity index (χ1n) is 8.16. The molecule has 1 unspecified atom stereocenters. The van der Waals surface area contributed by atoms with Gasteiger partial charge in [-0.2, -0.15) is 4.98 Å². The van der Waals surface area contributed by atoms with Crippen molar-refractivity contribution in [3.05, 3.63) is 23.9 Å². The highest BCUT2D eigenvalue weighted by Crippen LogP contribution is 2.33. The molecule has 23 heavy (non-hydrogen) atoms. The van der Waals surface area contributed by atoms with Gasteiger partial charge in [-0.3, -0.25) is 0 Å². The molecule has 1 saturated heterocycles. The molecule has 1 N–H and O–H groups in total. The Morgan fingerprint density at radius 1 is 1.22 bits per heavy atom. The first-order chi connectivity index (χ1) is 11.4. The Morgan fingerprint density at radius 2 is 2.17 bits per heavy atom. The van der Waals surface area contributed by atoms with Crippen molar-refractivity contribution in [2.24, 2.45) is 5.92 Å². The van der Waals surface area contributed by atoms with E-state index in [0.29, 0.717) is 17.4 Å². The second-order valence-electron chi connectivity index (χ2n) is 6.35. The summed E-state index contributed by atoms with van der Waals surface area (Å²) in [4.78, 5) is 16.8. The molecule has 1 saturated carbocycles. The van der Waals surface area contributed by atoms with E-state index in [1.54, 1.807) is 6.20 Å². The topological polar surface area (TPSA) is 89.7 Å².